The van der Waals surface area contributed by atoms with Gasteiger partial charge >= 0.3 is 0 Å². The number of nitrogens with one attached hydrogen (secondary N) is 1. The zero-order valence-corrected chi connectivity index (χ0v) is 5.96. The summed E-state index contributed by atoms with van der Waals surface area (Å²) in [7, 11) is 0. The van der Waals surface area contributed by atoms with Crippen LogP contribution in [-0.2, 0) is 0 Å². The van der Waals surface area contributed by atoms with Crippen molar-refractivity contribution in [3.63, 3.8) is 0 Å². The van der Waals surface area contributed by atoms with Crippen molar-refractivity contribution in [2.45, 2.75) is 0 Å². The van der Waals surface area contributed by atoms with Crippen molar-refractivity contribution in [2.75, 3.05) is 0 Å². The van der Waals surface area contributed by atoms with Crippen molar-refractivity contribution >= 4 is 15.9 Å². The molecule has 0 unspecified atom stereocenters. The smallest absolute Gasteiger partial charge is 0.162 e. The molecule has 2 N–H and O–H groups in total. The molecule has 48 valence electrons. The lowest BCUT2D eigenvalue weighted by Crippen LogP contribution is -2.09. The number of halogens is 1. The highest BCUT2D eigenvalue weighted by molar-refractivity contribution is 9.10. The second-order valence-electron chi connectivity index (χ2n) is 1.45. The first-order chi connectivity index (χ1) is 4.20. The van der Waals surface area contributed by atoms with E-state index in [4.69, 9.17) is 10.6 Å². The van der Waals surface area contributed by atoms with E-state index in [0.29, 0.717) is 4.47 Å². The normalized spacial score (nSPS) is 9.44. The van der Waals surface area contributed by atoms with Crippen LogP contribution in [0.4, 0.5) is 0 Å². The van der Waals surface area contributed by atoms with Gasteiger partial charge in [0, 0.05) is 0 Å². The highest BCUT2D eigenvalue weighted by Crippen LogP contribution is 1.96. The topological polar surface area (TPSA) is 61.9 Å². The Balaban J connectivity index is 3.34. The summed E-state index contributed by atoms with van der Waals surface area (Å²) < 4.78 is 1.25. The molecule has 0 aliphatic heterocycles. The Bertz CT molecular complexity index is 269. The van der Waals surface area contributed by atoms with Crippen LogP contribution in [0.25, 0.3) is 0 Å². The lowest BCUT2D eigenvalue weighted by Gasteiger charge is -1.93. The van der Waals surface area contributed by atoms with Crippen molar-refractivity contribution in [2.24, 2.45) is 0 Å². The minimum absolute atomic E-state index is 0.111. The monoisotopic (exact) mass is 189 g/mol. The molecule has 5 heteroatoms. The first-order valence-electron chi connectivity index (χ1n) is 2.18. The SMILES string of the molecule is N=c1ncn(O)cc1Br. The van der Waals surface area contributed by atoms with E-state index in [2.05, 4.69) is 20.9 Å². The molecule has 0 fully saturated rings. The molecule has 0 aromatic carbocycles. The Kier molecular flexibility index (Phi) is 1.52. The van der Waals surface area contributed by atoms with Gasteiger partial charge in [0.25, 0.3) is 0 Å². The van der Waals surface area contributed by atoms with Gasteiger partial charge in [0.15, 0.2) is 5.49 Å². The summed E-state index contributed by atoms with van der Waals surface area (Å²) in [6, 6.07) is 0. The lowest BCUT2D eigenvalue weighted by atomic mass is 10.7. The van der Waals surface area contributed by atoms with Crippen LogP contribution in [0.5, 0.6) is 0 Å². The number of hydrogen-bond donors (Lipinski definition) is 2. The van der Waals surface area contributed by atoms with Gasteiger partial charge < -0.3 is 5.21 Å². The van der Waals surface area contributed by atoms with Crippen molar-refractivity contribution in [1.29, 1.82) is 5.41 Å². The van der Waals surface area contributed by atoms with Gasteiger partial charge in [-0.05, 0) is 15.9 Å². The van der Waals surface area contributed by atoms with E-state index < -0.39 is 0 Å². The fourth-order valence-electron chi connectivity index (χ4n) is 0.389. The van der Waals surface area contributed by atoms with E-state index in [1.54, 1.807) is 0 Å². The third-order valence-electron chi connectivity index (χ3n) is 0.777. The summed E-state index contributed by atoms with van der Waals surface area (Å²) in [5.41, 5.74) is 0.111. The molecule has 0 amide bonds. The minimum atomic E-state index is 0.111. The van der Waals surface area contributed by atoms with E-state index in [-0.39, 0.29) is 5.49 Å². The number of aromatic nitrogens is 2. The molecule has 0 saturated carbocycles. The van der Waals surface area contributed by atoms with Gasteiger partial charge in [0.1, 0.15) is 6.33 Å². The molecule has 0 radical (unpaired) electrons. The maximum atomic E-state index is 8.68. The van der Waals surface area contributed by atoms with Crippen LogP contribution in [0.2, 0.25) is 0 Å². The predicted octanol–water partition coefficient (Wildman–Crippen LogP) is 0.362. The molecule has 4 nitrogen and oxygen atoms in total. The largest absolute Gasteiger partial charge is 0.427 e. The van der Waals surface area contributed by atoms with Crippen LogP contribution >= 0.6 is 15.9 Å². The maximum absolute atomic E-state index is 8.68. The molecule has 0 aliphatic carbocycles. The van der Waals surface area contributed by atoms with E-state index in [1.165, 1.54) is 6.20 Å². The van der Waals surface area contributed by atoms with Gasteiger partial charge in [-0.3, -0.25) is 5.41 Å². The van der Waals surface area contributed by atoms with Gasteiger partial charge in [-0.25, -0.2) is 4.98 Å². The molecule has 0 bridgehead atoms. The highest BCUT2D eigenvalue weighted by atomic mass is 79.9. The van der Waals surface area contributed by atoms with E-state index in [1.807, 2.05) is 0 Å². The molecule has 9 heavy (non-hydrogen) atoms. The number of nitrogens with zero attached hydrogens (tertiary/aromatic N) is 2. The molecule has 0 aliphatic rings. The maximum Gasteiger partial charge on any atom is 0.162 e. The van der Waals surface area contributed by atoms with Crippen molar-refractivity contribution in [1.82, 2.24) is 9.71 Å². The summed E-state index contributed by atoms with van der Waals surface area (Å²) >= 11 is 3.02. The Hall–Kier alpha value is -0.840. The first-order valence-corrected chi connectivity index (χ1v) is 2.97. The van der Waals surface area contributed by atoms with Crippen LogP contribution in [0.3, 0.4) is 0 Å². The van der Waals surface area contributed by atoms with E-state index in [9.17, 15) is 0 Å². The summed E-state index contributed by atoms with van der Waals surface area (Å²) in [6.45, 7) is 0. The second kappa shape index (κ2) is 2.18. The average Bonchev–Trinajstić information content (AvgIpc) is 1.80. The average molecular weight is 190 g/mol. The Labute approximate surface area is 59.4 Å². The molecular formula is C4H4BrN3O. The highest BCUT2D eigenvalue weighted by Gasteiger charge is 1.89. The first kappa shape index (κ1) is 6.28. The van der Waals surface area contributed by atoms with Crippen molar-refractivity contribution in [3.05, 3.63) is 22.5 Å². The molecule has 1 heterocycles. The Morgan fingerprint density at radius 1 is 1.78 bits per heavy atom. The second-order valence-corrected chi connectivity index (χ2v) is 2.30. The number of hydrogen-bond acceptors (Lipinski definition) is 3. The fourth-order valence-corrected chi connectivity index (χ4v) is 0.701. The third kappa shape index (κ3) is 1.29. The van der Waals surface area contributed by atoms with Crippen LogP contribution in [-0.4, -0.2) is 14.9 Å². The van der Waals surface area contributed by atoms with E-state index >= 15 is 0 Å². The van der Waals surface area contributed by atoms with Gasteiger partial charge in [0.05, 0.1) is 10.7 Å². The Morgan fingerprint density at radius 3 is 2.89 bits per heavy atom. The van der Waals surface area contributed by atoms with Gasteiger partial charge in [-0.1, -0.05) is 0 Å². The molecule has 1 rings (SSSR count). The Morgan fingerprint density at radius 2 is 2.44 bits per heavy atom. The van der Waals surface area contributed by atoms with Crippen molar-refractivity contribution in [3.8, 4) is 0 Å². The molecule has 0 spiro atoms. The third-order valence-corrected chi connectivity index (χ3v) is 1.36. The van der Waals surface area contributed by atoms with Crippen LogP contribution in [0.1, 0.15) is 0 Å². The zero-order valence-electron chi connectivity index (χ0n) is 4.37. The van der Waals surface area contributed by atoms with Gasteiger partial charge in [0.2, 0.25) is 0 Å². The predicted molar refractivity (Wildman–Crippen MR) is 33.0 cm³/mol. The number of rotatable bonds is 0. The summed E-state index contributed by atoms with van der Waals surface area (Å²) in [5, 5.41) is 15.7. The minimum Gasteiger partial charge on any atom is -0.427 e. The van der Waals surface area contributed by atoms with Gasteiger partial charge in [-0.2, -0.15) is 4.73 Å². The zero-order chi connectivity index (χ0) is 6.85. The summed E-state index contributed by atoms with van der Waals surface area (Å²) in [6.07, 6.45) is 2.49. The van der Waals surface area contributed by atoms with E-state index in [0.717, 1.165) is 11.1 Å². The van der Waals surface area contributed by atoms with Crippen LogP contribution < -0.4 is 5.49 Å². The van der Waals surface area contributed by atoms with Crippen LogP contribution in [0, 0.1) is 5.41 Å². The molecule has 0 atom stereocenters. The quantitative estimate of drug-likeness (QED) is 0.580. The fraction of sp³-hybridized carbons (Fsp3) is 0. The molecule has 1 aromatic heterocycles. The molecule has 1 aromatic rings. The standard InChI is InChI=1S/C4H4BrN3O/c5-3-1-8(9)2-7-4(3)6/h1-2,6,9H. The molecular weight excluding hydrogens is 186 g/mol. The summed E-state index contributed by atoms with van der Waals surface area (Å²) in [5.74, 6) is 0. The summed E-state index contributed by atoms with van der Waals surface area (Å²) in [4.78, 5) is 3.51. The molecule has 0 saturated heterocycles. The lowest BCUT2D eigenvalue weighted by molar-refractivity contribution is 0.179. The van der Waals surface area contributed by atoms with Gasteiger partial charge in [-0.15, -0.1) is 0 Å². The van der Waals surface area contributed by atoms with Crippen LogP contribution in [0.15, 0.2) is 17.0 Å². The van der Waals surface area contributed by atoms with Crippen molar-refractivity contribution < 1.29 is 5.21 Å².